The number of rotatable bonds is 3. The third-order valence-electron chi connectivity index (χ3n) is 2.68. The molecule has 0 aromatic carbocycles. The molecule has 90 valence electrons. The van der Waals surface area contributed by atoms with Crippen LogP contribution in [0.3, 0.4) is 0 Å². The van der Waals surface area contributed by atoms with E-state index in [-0.39, 0.29) is 12.6 Å². The maximum Gasteiger partial charge on any atom is 0.323 e. The van der Waals surface area contributed by atoms with Crippen molar-refractivity contribution in [3.8, 4) is 0 Å². The van der Waals surface area contributed by atoms with Crippen molar-refractivity contribution in [2.45, 2.75) is 31.7 Å². The zero-order valence-corrected chi connectivity index (χ0v) is 8.94. The van der Waals surface area contributed by atoms with Gasteiger partial charge in [-0.1, -0.05) is 12.8 Å². The summed E-state index contributed by atoms with van der Waals surface area (Å²) in [5, 5.41) is 0. The Morgan fingerprint density at radius 2 is 1.81 bits per heavy atom. The molecule has 1 fully saturated rings. The van der Waals surface area contributed by atoms with Gasteiger partial charge in [-0.25, -0.2) is 5.84 Å². The van der Waals surface area contributed by atoms with E-state index in [1.54, 1.807) is 5.43 Å². The maximum atomic E-state index is 11.6. The Labute approximate surface area is 93.1 Å². The Kier molecular flexibility index (Phi) is 4.24. The standard InChI is InChI=1S/C9H16N4O3/c10-7(14)5-13(6-3-1-2-4-6)9(16)8(15)12-11/h6H,1-5,11H2,(H2,10,14)(H,12,15). The number of hydrogen-bond acceptors (Lipinski definition) is 4. The number of hydrazine groups is 1. The van der Waals surface area contributed by atoms with Gasteiger partial charge < -0.3 is 10.6 Å². The van der Waals surface area contributed by atoms with Crippen LogP contribution >= 0.6 is 0 Å². The van der Waals surface area contributed by atoms with Gasteiger partial charge >= 0.3 is 11.8 Å². The van der Waals surface area contributed by atoms with Crippen molar-refractivity contribution >= 4 is 17.7 Å². The van der Waals surface area contributed by atoms with E-state index in [1.807, 2.05) is 0 Å². The van der Waals surface area contributed by atoms with Crippen LogP contribution in [0.5, 0.6) is 0 Å². The van der Waals surface area contributed by atoms with Gasteiger partial charge in [-0.2, -0.15) is 0 Å². The van der Waals surface area contributed by atoms with E-state index in [4.69, 9.17) is 11.6 Å². The summed E-state index contributed by atoms with van der Waals surface area (Å²) in [6.07, 6.45) is 3.54. The molecule has 1 aliphatic carbocycles. The third kappa shape index (κ3) is 2.93. The van der Waals surface area contributed by atoms with Crippen LogP contribution in [-0.4, -0.2) is 35.2 Å². The quantitative estimate of drug-likeness (QED) is 0.229. The fourth-order valence-electron chi connectivity index (χ4n) is 1.94. The number of carbonyl (C=O) groups is 3. The van der Waals surface area contributed by atoms with Crippen LogP contribution < -0.4 is 17.0 Å². The van der Waals surface area contributed by atoms with Gasteiger partial charge in [0.2, 0.25) is 5.91 Å². The zero-order chi connectivity index (χ0) is 12.1. The molecule has 0 unspecified atom stereocenters. The predicted molar refractivity (Wildman–Crippen MR) is 55.5 cm³/mol. The van der Waals surface area contributed by atoms with Crippen LogP contribution in [0.15, 0.2) is 0 Å². The Hall–Kier alpha value is -1.63. The molecular weight excluding hydrogens is 212 g/mol. The van der Waals surface area contributed by atoms with Crippen LogP contribution in [0.1, 0.15) is 25.7 Å². The average Bonchev–Trinajstić information content (AvgIpc) is 2.76. The molecule has 0 spiro atoms. The van der Waals surface area contributed by atoms with Gasteiger partial charge in [0.1, 0.15) is 6.54 Å². The third-order valence-corrected chi connectivity index (χ3v) is 2.68. The summed E-state index contributed by atoms with van der Waals surface area (Å²) in [7, 11) is 0. The van der Waals surface area contributed by atoms with E-state index < -0.39 is 17.7 Å². The summed E-state index contributed by atoms with van der Waals surface area (Å²) in [6, 6.07) is -0.0858. The molecule has 1 rings (SSSR count). The normalized spacial score (nSPS) is 15.8. The van der Waals surface area contributed by atoms with Gasteiger partial charge in [0.05, 0.1) is 0 Å². The fourth-order valence-corrected chi connectivity index (χ4v) is 1.94. The van der Waals surface area contributed by atoms with Crippen molar-refractivity contribution in [2.24, 2.45) is 11.6 Å². The van der Waals surface area contributed by atoms with Gasteiger partial charge in [-0.3, -0.25) is 19.8 Å². The van der Waals surface area contributed by atoms with Crippen molar-refractivity contribution < 1.29 is 14.4 Å². The second-order valence-electron chi connectivity index (χ2n) is 3.81. The minimum atomic E-state index is -0.923. The van der Waals surface area contributed by atoms with Crippen LogP contribution in [0, 0.1) is 0 Å². The SMILES string of the molecule is NNC(=O)C(=O)N(CC(N)=O)C1CCCC1. The van der Waals surface area contributed by atoms with Crippen molar-refractivity contribution in [1.82, 2.24) is 10.3 Å². The van der Waals surface area contributed by atoms with Crippen LogP contribution in [0.2, 0.25) is 0 Å². The van der Waals surface area contributed by atoms with Crippen molar-refractivity contribution in [2.75, 3.05) is 6.54 Å². The molecule has 0 heterocycles. The molecule has 0 aromatic rings. The number of nitrogens with one attached hydrogen (secondary N) is 1. The number of carbonyl (C=O) groups excluding carboxylic acids is 3. The van der Waals surface area contributed by atoms with Crippen LogP contribution in [0.4, 0.5) is 0 Å². The first-order chi connectivity index (χ1) is 7.56. The monoisotopic (exact) mass is 228 g/mol. The second-order valence-corrected chi connectivity index (χ2v) is 3.81. The molecule has 0 bridgehead atoms. The van der Waals surface area contributed by atoms with E-state index in [9.17, 15) is 14.4 Å². The molecule has 7 heteroatoms. The second kappa shape index (κ2) is 5.45. The lowest BCUT2D eigenvalue weighted by molar-refractivity contribution is -0.148. The molecule has 0 saturated heterocycles. The molecule has 0 radical (unpaired) electrons. The van der Waals surface area contributed by atoms with Gasteiger partial charge in [-0.15, -0.1) is 0 Å². The molecule has 0 aliphatic heterocycles. The average molecular weight is 228 g/mol. The predicted octanol–water partition coefficient (Wildman–Crippen LogP) is -1.77. The number of amides is 3. The molecule has 0 aromatic heterocycles. The lowest BCUT2D eigenvalue weighted by Crippen LogP contribution is -2.51. The first-order valence-corrected chi connectivity index (χ1v) is 5.16. The summed E-state index contributed by atoms with van der Waals surface area (Å²) in [6.45, 7) is -0.239. The first kappa shape index (κ1) is 12.4. The smallest absolute Gasteiger partial charge is 0.323 e. The molecule has 16 heavy (non-hydrogen) atoms. The lowest BCUT2D eigenvalue weighted by atomic mass is 10.2. The highest BCUT2D eigenvalue weighted by molar-refractivity contribution is 6.35. The van der Waals surface area contributed by atoms with Crippen LogP contribution in [0.25, 0.3) is 0 Å². The highest BCUT2D eigenvalue weighted by Crippen LogP contribution is 2.23. The molecule has 5 N–H and O–H groups in total. The lowest BCUT2D eigenvalue weighted by Gasteiger charge is -2.26. The number of nitrogens with zero attached hydrogens (tertiary/aromatic N) is 1. The Morgan fingerprint density at radius 1 is 1.25 bits per heavy atom. The highest BCUT2D eigenvalue weighted by Gasteiger charge is 2.31. The minimum Gasteiger partial charge on any atom is -0.368 e. The van der Waals surface area contributed by atoms with Crippen molar-refractivity contribution in [3.63, 3.8) is 0 Å². The molecule has 7 nitrogen and oxygen atoms in total. The van der Waals surface area contributed by atoms with E-state index >= 15 is 0 Å². The summed E-state index contributed by atoms with van der Waals surface area (Å²) in [4.78, 5) is 34.8. The maximum absolute atomic E-state index is 11.6. The molecule has 1 aliphatic rings. The molecule has 1 saturated carbocycles. The topological polar surface area (TPSA) is 119 Å². The van der Waals surface area contributed by atoms with E-state index in [0.29, 0.717) is 0 Å². The van der Waals surface area contributed by atoms with E-state index in [0.717, 1.165) is 25.7 Å². The van der Waals surface area contributed by atoms with Gasteiger partial charge in [0, 0.05) is 6.04 Å². The fraction of sp³-hybridized carbons (Fsp3) is 0.667. The largest absolute Gasteiger partial charge is 0.368 e. The summed E-state index contributed by atoms with van der Waals surface area (Å²) < 4.78 is 0. The molecule has 0 atom stereocenters. The Morgan fingerprint density at radius 3 is 2.25 bits per heavy atom. The summed E-state index contributed by atoms with van der Waals surface area (Å²) in [5.74, 6) is 2.52. The van der Waals surface area contributed by atoms with Gasteiger partial charge in [0.25, 0.3) is 0 Å². The molecule has 3 amide bonds. The van der Waals surface area contributed by atoms with Crippen molar-refractivity contribution in [3.05, 3.63) is 0 Å². The highest BCUT2D eigenvalue weighted by atomic mass is 16.2. The zero-order valence-electron chi connectivity index (χ0n) is 8.94. The van der Waals surface area contributed by atoms with E-state index in [2.05, 4.69) is 0 Å². The van der Waals surface area contributed by atoms with E-state index in [1.165, 1.54) is 4.90 Å². The summed E-state index contributed by atoms with van der Waals surface area (Å²) in [5.41, 5.74) is 6.80. The Balaban J connectivity index is 2.73. The molecular formula is C9H16N4O3. The van der Waals surface area contributed by atoms with Crippen molar-refractivity contribution in [1.29, 1.82) is 0 Å². The van der Waals surface area contributed by atoms with Crippen LogP contribution in [-0.2, 0) is 14.4 Å². The Bertz CT molecular complexity index is 299. The van der Waals surface area contributed by atoms with Gasteiger partial charge in [-0.05, 0) is 12.8 Å². The number of nitrogens with two attached hydrogens (primary N) is 2. The number of hydrogen-bond donors (Lipinski definition) is 3. The summed E-state index contributed by atoms with van der Waals surface area (Å²) >= 11 is 0. The minimum absolute atomic E-state index is 0.0858. The first-order valence-electron chi connectivity index (χ1n) is 5.16. The number of primary amides is 1. The van der Waals surface area contributed by atoms with Gasteiger partial charge in [0.15, 0.2) is 0 Å².